The lowest BCUT2D eigenvalue weighted by Gasteiger charge is -2.20. The number of halogens is 4. The van der Waals surface area contributed by atoms with Crippen LogP contribution in [0.15, 0.2) is 24.3 Å². The van der Waals surface area contributed by atoms with Crippen LogP contribution in [0.1, 0.15) is 26.3 Å². The van der Waals surface area contributed by atoms with Gasteiger partial charge in [0.1, 0.15) is 5.75 Å². The van der Waals surface area contributed by atoms with Crippen LogP contribution in [0.2, 0.25) is 0 Å². The van der Waals surface area contributed by atoms with E-state index in [-0.39, 0.29) is 5.41 Å². The first-order valence-electron chi connectivity index (χ1n) is 5.58. The monoisotopic (exact) mass is 314 g/mol. The standard InChI is InChI=1S/C12H14F4O3S/c1-11(2,3)8-4-6-9(7-5-8)19-20(17,18)12(15,16)10(13)14/h4-7,10H,1-3H3. The third kappa shape index (κ3) is 3.41. The Hall–Kier alpha value is -1.31. The minimum absolute atomic E-state index is 0.232. The largest absolute Gasteiger partial charge is 0.439 e. The van der Waals surface area contributed by atoms with E-state index < -0.39 is 27.5 Å². The van der Waals surface area contributed by atoms with Crippen molar-refractivity contribution < 1.29 is 30.2 Å². The van der Waals surface area contributed by atoms with Crippen molar-refractivity contribution in [3.05, 3.63) is 29.8 Å². The Morgan fingerprint density at radius 1 is 1.05 bits per heavy atom. The molecule has 0 aliphatic heterocycles. The van der Waals surface area contributed by atoms with E-state index in [1.165, 1.54) is 12.1 Å². The van der Waals surface area contributed by atoms with Crippen molar-refractivity contribution in [1.29, 1.82) is 0 Å². The summed E-state index contributed by atoms with van der Waals surface area (Å²) >= 11 is 0. The van der Waals surface area contributed by atoms with Gasteiger partial charge in [-0.05, 0) is 23.1 Å². The van der Waals surface area contributed by atoms with E-state index >= 15 is 0 Å². The van der Waals surface area contributed by atoms with Crippen LogP contribution < -0.4 is 4.18 Å². The lowest BCUT2D eigenvalue weighted by Crippen LogP contribution is -2.39. The molecule has 3 nitrogen and oxygen atoms in total. The highest BCUT2D eigenvalue weighted by molar-refractivity contribution is 7.88. The van der Waals surface area contributed by atoms with E-state index in [2.05, 4.69) is 4.18 Å². The molecule has 0 saturated carbocycles. The summed E-state index contributed by atoms with van der Waals surface area (Å²) in [6.07, 6.45) is -4.36. The molecule has 0 unspecified atom stereocenters. The van der Waals surface area contributed by atoms with Crippen LogP contribution in [0.5, 0.6) is 5.75 Å². The Balaban J connectivity index is 3.00. The Kier molecular flexibility index (Phi) is 4.38. The van der Waals surface area contributed by atoms with Crippen molar-refractivity contribution in [2.24, 2.45) is 0 Å². The van der Waals surface area contributed by atoms with E-state index in [0.29, 0.717) is 0 Å². The van der Waals surface area contributed by atoms with Crippen molar-refractivity contribution in [3.8, 4) is 5.75 Å². The summed E-state index contributed by atoms with van der Waals surface area (Å²) in [5, 5.41) is -5.25. The van der Waals surface area contributed by atoms with Crippen LogP contribution in [-0.2, 0) is 15.5 Å². The maximum absolute atomic E-state index is 12.8. The molecular weight excluding hydrogens is 300 g/mol. The minimum atomic E-state index is -5.74. The summed E-state index contributed by atoms with van der Waals surface area (Å²) in [5.74, 6) is -0.446. The summed E-state index contributed by atoms with van der Waals surface area (Å²) < 4.78 is 75.9. The van der Waals surface area contributed by atoms with Gasteiger partial charge in [0.25, 0.3) is 0 Å². The maximum Gasteiger partial charge on any atom is 0.439 e. The smallest absolute Gasteiger partial charge is 0.378 e. The minimum Gasteiger partial charge on any atom is -0.378 e. The van der Waals surface area contributed by atoms with Crippen molar-refractivity contribution in [2.45, 2.75) is 37.9 Å². The Bertz CT molecular complexity index is 559. The van der Waals surface area contributed by atoms with Gasteiger partial charge in [0, 0.05) is 0 Å². The molecular formula is C12H14F4O3S. The first-order chi connectivity index (χ1) is 8.88. The first kappa shape index (κ1) is 16.7. The van der Waals surface area contributed by atoms with Gasteiger partial charge in [0.15, 0.2) is 0 Å². The van der Waals surface area contributed by atoms with Crippen LogP contribution in [0.25, 0.3) is 0 Å². The number of hydrogen-bond acceptors (Lipinski definition) is 3. The zero-order chi connectivity index (χ0) is 15.8. The maximum atomic E-state index is 12.8. The molecule has 0 aliphatic carbocycles. The van der Waals surface area contributed by atoms with Crippen LogP contribution in [0, 0.1) is 0 Å². The highest BCUT2D eigenvalue weighted by Gasteiger charge is 2.56. The average Bonchev–Trinajstić information content (AvgIpc) is 2.27. The molecule has 0 atom stereocenters. The second kappa shape index (κ2) is 5.23. The summed E-state index contributed by atoms with van der Waals surface area (Å²) in [6, 6.07) is 5.23. The third-order valence-electron chi connectivity index (χ3n) is 2.51. The normalized spacial score (nSPS) is 13.6. The fourth-order valence-corrected chi connectivity index (χ4v) is 2.00. The van der Waals surface area contributed by atoms with Crippen molar-refractivity contribution >= 4 is 10.1 Å². The molecule has 0 aromatic heterocycles. The zero-order valence-electron chi connectivity index (χ0n) is 11.0. The molecule has 0 heterocycles. The molecule has 0 bridgehead atoms. The van der Waals surface area contributed by atoms with Gasteiger partial charge >= 0.3 is 21.8 Å². The number of alkyl halides is 4. The van der Waals surface area contributed by atoms with E-state index in [4.69, 9.17) is 0 Å². The molecule has 0 radical (unpaired) electrons. The van der Waals surface area contributed by atoms with Gasteiger partial charge in [-0.2, -0.15) is 17.2 Å². The van der Waals surface area contributed by atoms with Crippen molar-refractivity contribution in [3.63, 3.8) is 0 Å². The first-order valence-corrected chi connectivity index (χ1v) is 6.99. The van der Waals surface area contributed by atoms with E-state index in [0.717, 1.165) is 17.7 Å². The van der Waals surface area contributed by atoms with E-state index in [1.807, 2.05) is 20.8 Å². The number of hydrogen-bond donors (Lipinski definition) is 0. The molecule has 1 aromatic carbocycles. The Morgan fingerprint density at radius 3 is 1.85 bits per heavy atom. The summed E-state index contributed by atoms with van der Waals surface area (Å²) in [7, 11) is -5.74. The van der Waals surface area contributed by atoms with Crippen LogP contribution in [-0.4, -0.2) is 20.1 Å². The topological polar surface area (TPSA) is 43.4 Å². The molecule has 0 spiro atoms. The number of rotatable bonds is 4. The van der Waals surface area contributed by atoms with Gasteiger partial charge in [-0.25, -0.2) is 8.78 Å². The molecule has 0 N–H and O–H groups in total. The molecule has 0 amide bonds. The fraction of sp³-hybridized carbons (Fsp3) is 0.500. The van der Waals surface area contributed by atoms with Gasteiger partial charge < -0.3 is 4.18 Å². The van der Waals surface area contributed by atoms with Gasteiger partial charge in [0.05, 0.1) is 0 Å². The van der Waals surface area contributed by atoms with Gasteiger partial charge in [-0.1, -0.05) is 32.9 Å². The van der Waals surface area contributed by atoms with Crippen molar-refractivity contribution in [1.82, 2.24) is 0 Å². The molecule has 0 saturated heterocycles. The van der Waals surface area contributed by atoms with Crippen molar-refractivity contribution in [2.75, 3.05) is 0 Å². The summed E-state index contributed by atoms with van der Waals surface area (Å²) in [4.78, 5) is 0. The molecule has 0 aliphatic rings. The second-order valence-electron chi connectivity index (χ2n) is 5.17. The molecule has 1 rings (SSSR count). The molecule has 1 aromatic rings. The zero-order valence-corrected chi connectivity index (χ0v) is 11.8. The van der Waals surface area contributed by atoms with E-state index in [1.54, 1.807) is 0 Å². The fourth-order valence-electron chi connectivity index (χ4n) is 1.30. The molecule has 20 heavy (non-hydrogen) atoms. The quantitative estimate of drug-likeness (QED) is 0.630. The highest BCUT2D eigenvalue weighted by Crippen LogP contribution is 2.32. The lowest BCUT2D eigenvalue weighted by atomic mass is 9.87. The second-order valence-corrected chi connectivity index (χ2v) is 6.79. The average molecular weight is 314 g/mol. The lowest BCUT2D eigenvalue weighted by molar-refractivity contribution is -0.0680. The summed E-state index contributed by atoms with van der Waals surface area (Å²) in [5.41, 5.74) is 0.576. The molecule has 0 fully saturated rings. The van der Waals surface area contributed by atoms with Gasteiger partial charge in [-0.3, -0.25) is 0 Å². The number of benzene rings is 1. The Labute approximate surface area is 114 Å². The van der Waals surface area contributed by atoms with Gasteiger partial charge in [-0.15, -0.1) is 0 Å². The van der Waals surface area contributed by atoms with Gasteiger partial charge in [0.2, 0.25) is 0 Å². The summed E-state index contributed by atoms with van der Waals surface area (Å²) in [6.45, 7) is 5.68. The van der Waals surface area contributed by atoms with E-state index in [9.17, 15) is 26.0 Å². The van der Waals surface area contributed by atoms with Crippen LogP contribution >= 0.6 is 0 Å². The Morgan fingerprint density at radius 2 is 1.50 bits per heavy atom. The predicted molar refractivity (Wildman–Crippen MR) is 65.6 cm³/mol. The third-order valence-corrected chi connectivity index (χ3v) is 3.77. The van der Waals surface area contributed by atoms with Crippen LogP contribution in [0.3, 0.4) is 0 Å². The van der Waals surface area contributed by atoms with Crippen LogP contribution in [0.4, 0.5) is 17.6 Å². The molecule has 114 valence electrons. The SMILES string of the molecule is CC(C)(C)c1ccc(OS(=O)(=O)C(F)(F)C(F)F)cc1. The highest BCUT2D eigenvalue weighted by atomic mass is 32.2. The predicted octanol–water partition coefficient (Wildman–Crippen LogP) is 3.55. The molecule has 8 heteroatoms.